The Bertz CT molecular complexity index is 2560. The molecule has 0 amide bonds. The number of unbranched alkanes of at least 4 members (excludes halogenated alkanes) is 5. The number of ether oxygens (including phenoxy) is 9. The van der Waals surface area contributed by atoms with E-state index >= 15 is 0 Å². The zero-order chi connectivity index (χ0) is 52.2. The molecular formula is C58H62O16. The van der Waals surface area contributed by atoms with Crippen LogP contribution in [0.1, 0.15) is 111 Å². The van der Waals surface area contributed by atoms with E-state index in [1.54, 1.807) is 166 Å². The Labute approximate surface area is 430 Å². The van der Waals surface area contributed by atoms with Gasteiger partial charge in [0, 0.05) is 24.9 Å². The highest BCUT2D eigenvalue weighted by Crippen LogP contribution is 2.38. The van der Waals surface area contributed by atoms with Crippen molar-refractivity contribution in [3.8, 4) is 0 Å². The first-order valence-electron chi connectivity index (χ1n) is 25.0. The fourth-order valence-corrected chi connectivity index (χ4v) is 8.75. The summed E-state index contributed by atoms with van der Waals surface area (Å²) in [4.78, 5) is 79.9. The van der Waals surface area contributed by atoms with Crippen molar-refractivity contribution in [2.45, 2.75) is 108 Å². The molecular weight excluding hydrogens is 953 g/mol. The van der Waals surface area contributed by atoms with Gasteiger partial charge in [0.15, 0.2) is 24.8 Å². The van der Waals surface area contributed by atoms with E-state index in [1.165, 1.54) is 0 Å². The largest absolute Gasteiger partial charge is 0.481 e. The summed E-state index contributed by atoms with van der Waals surface area (Å²) in [7, 11) is 0. The number of hydrogen-bond acceptors (Lipinski definition) is 15. The number of aliphatic carboxylic acids is 1. The van der Waals surface area contributed by atoms with Crippen LogP contribution in [0.5, 0.6) is 0 Å². The Kier molecular flexibility index (Phi) is 20.4. The van der Waals surface area contributed by atoms with Gasteiger partial charge >= 0.3 is 35.8 Å². The van der Waals surface area contributed by atoms with Gasteiger partial charge < -0.3 is 47.7 Å². The van der Waals surface area contributed by atoms with E-state index in [4.69, 9.17) is 47.7 Å². The highest BCUT2D eigenvalue weighted by atomic mass is 16.8. The molecule has 10 atom stereocenters. The van der Waals surface area contributed by atoms with Crippen LogP contribution >= 0.6 is 0 Å². The Morgan fingerprint density at radius 2 is 0.797 bits per heavy atom. The van der Waals surface area contributed by atoms with Gasteiger partial charge in [-0.25, -0.2) is 24.0 Å². The Hall–Kier alpha value is -7.24. The van der Waals surface area contributed by atoms with E-state index in [-0.39, 0.29) is 47.5 Å². The number of carbonyl (C=O) groups is 6. The minimum absolute atomic E-state index is 0.120. The van der Waals surface area contributed by atoms with Crippen LogP contribution in [0.15, 0.2) is 152 Å². The first kappa shape index (κ1) is 54.5. The van der Waals surface area contributed by atoms with Gasteiger partial charge in [0.05, 0.1) is 33.9 Å². The summed E-state index contributed by atoms with van der Waals surface area (Å²) in [5, 5.41) is 9.00. The first-order valence-corrected chi connectivity index (χ1v) is 25.0. The smallest absolute Gasteiger partial charge is 0.338 e. The van der Waals surface area contributed by atoms with Crippen molar-refractivity contribution >= 4 is 35.8 Å². The second-order valence-electron chi connectivity index (χ2n) is 18.2. The topological polar surface area (TPSA) is 206 Å². The highest BCUT2D eigenvalue weighted by Gasteiger charge is 2.54. The molecule has 2 aliphatic heterocycles. The Morgan fingerprint density at radius 1 is 0.419 bits per heavy atom. The summed E-state index contributed by atoms with van der Waals surface area (Å²) in [5.41, 5.74) is 1.20. The number of carboxylic acids is 1. The van der Waals surface area contributed by atoms with E-state index in [1.807, 2.05) is 0 Å². The van der Waals surface area contributed by atoms with Gasteiger partial charge in [-0.3, -0.25) is 4.79 Å². The lowest BCUT2D eigenvalue weighted by molar-refractivity contribution is -0.345. The molecule has 5 aromatic rings. The maximum Gasteiger partial charge on any atom is 0.338 e. The van der Waals surface area contributed by atoms with Crippen molar-refractivity contribution in [3.05, 3.63) is 179 Å². The Morgan fingerprint density at radius 3 is 1.26 bits per heavy atom. The molecule has 16 nitrogen and oxygen atoms in total. The normalized spacial score (nSPS) is 23.4. The van der Waals surface area contributed by atoms with Crippen LogP contribution in [0.25, 0.3) is 0 Å². The lowest BCUT2D eigenvalue weighted by atomic mass is 9.88. The fourth-order valence-electron chi connectivity index (χ4n) is 8.75. The van der Waals surface area contributed by atoms with E-state index in [0.717, 1.165) is 25.7 Å². The first-order chi connectivity index (χ1) is 36.0. The summed E-state index contributed by atoms with van der Waals surface area (Å²) < 4.78 is 57.2. The van der Waals surface area contributed by atoms with Gasteiger partial charge in [-0.2, -0.15) is 0 Å². The monoisotopic (exact) mass is 1010 g/mol. The molecule has 10 unspecified atom stereocenters. The summed E-state index contributed by atoms with van der Waals surface area (Å²) in [5.74, 6) is -5.99. The minimum atomic E-state index is -1.60. The third-order valence-electron chi connectivity index (χ3n) is 12.9. The van der Waals surface area contributed by atoms with E-state index in [9.17, 15) is 28.8 Å². The second kappa shape index (κ2) is 27.7. The maximum atomic E-state index is 14.1. The van der Waals surface area contributed by atoms with Gasteiger partial charge in [0.25, 0.3) is 0 Å². The molecule has 7 rings (SSSR count). The molecule has 16 heteroatoms. The average Bonchev–Trinajstić information content (AvgIpc) is 3.43. The quantitative estimate of drug-likeness (QED) is 0.0347. The molecule has 0 aliphatic carbocycles. The van der Waals surface area contributed by atoms with Crippen molar-refractivity contribution in [2.24, 2.45) is 11.8 Å². The van der Waals surface area contributed by atoms with E-state index in [0.29, 0.717) is 12.8 Å². The summed E-state index contributed by atoms with van der Waals surface area (Å²) >= 11 is 0. The number of carboxylic acid groups (broad SMARTS) is 1. The van der Waals surface area contributed by atoms with Crippen LogP contribution in [-0.4, -0.2) is 110 Å². The van der Waals surface area contributed by atoms with Gasteiger partial charge in [-0.15, -0.1) is 0 Å². The molecule has 2 saturated heterocycles. The van der Waals surface area contributed by atoms with Crippen molar-refractivity contribution < 1.29 is 76.5 Å². The fraction of sp³-hybridized carbons (Fsp3) is 0.379. The van der Waals surface area contributed by atoms with Crippen LogP contribution in [0.2, 0.25) is 0 Å². The van der Waals surface area contributed by atoms with Gasteiger partial charge in [-0.1, -0.05) is 131 Å². The van der Waals surface area contributed by atoms with Crippen LogP contribution in [0.4, 0.5) is 0 Å². The van der Waals surface area contributed by atoms with Crippen LogP contribution < -0.4 is 0 Å². The number of benzene rings is 5. The van der Waals surface area contributed by atoms with Gasteiger partial charge in [0.2, 0.25) is 0 Å². The van der Waals surface area contributed by atoms with Crippen molar-refractivity contribution in [3.63, 3.8) is 0 Å². The Balaban J connectivity index is 1.23. The standard InChI is InChI=1S/C58H62O16/c1-38-45(36-67-52(61)40-24-12-7-13-25-40)69-58(51(73-56(65)44-32-20-11-21-33-44)49(38)71-54(63)42-28-16-9-17-29-42)74-48-39(2)50(72-55(64)43-30-18-10-19-31-43)57(66-35-23-6-4-3-5-22-34-47(59)60)70-46(48)37-68-53(62)41-26-14-8-15-27-41/h7-21,24-33,38-39,45-46,48-51,57-58H,3-6,22-23,34-37H2,1-2H3,(H,59,60). The molecule has 0 radical (unpaired) electrons. The van der Waals surface area contributed by atoms with Crippen LogP contribution in [0.3, 0.4) is 0 Å². The van der Waals surface area contributed by atoms with E-state index in [2.05, 4.69) is 0 Å². The summed E-state index contributed by atoms with van der Waals surface area (Å²) in [6.45, 7) is 2.89. The average molecular weight is 1020 g/mol. The van der Waals surface area contributed by atoms with E-state index < -0.39 is 103 Å². The minimum Gasteiger partial charge on any atom is -0.481 e. The highest BCUT2D eigenvalue weighted by molar-refractivity contribution is 5.91. The lowest BCUT2D eigenvalue weighted by Gasteiger charge is -2.48. The number of rotatable bonds is 24. The number of carbonyl (C=O) groups excluding carboxylic acids is 5. The predicted molar refractivity (Wildman–Crippen MR) is 267 cm³/mol. The summed E-state index contributed by atoms with van der Waals surface area (Å²) in [6.07, 6.45) is -5.59. The second-order valence-corrected chi connectivity index (χ2v) is 18.2. The molecule has 2 heterocycles. The molecule has 74 heavy (non-hydrogen) atoms. The zero-order valence-electron chi connectivity index (χ0n) is 41.3. The van der Waals surface area contributed by atoms with Crippen molar-refractivity contribution in [1.29, 1.82) is 0 Å². The molecule has 0 bridgehead atoms. The van der Waals surface area contributed by atoms with Gasteiger partial charge in [-0.05, 0) is 73.5 Å². The maximum absolute atomic E-state index is 14.1. The lowest BCUT2D eigenvalue weighted by Crippen LogP contribution is -2.63. The van der Waals surface area contributed by atoms with Gasteiger partial charge in [0.1, 0.15) is 31.5 Å². The van der Waals surface area contributed by atoms with Crippen LogP contribution in [-0.2, 0) is 47.4 Å². The molecule has 1 N–H and O–H groups in total. The molecule has 0 saturated carbocycles. The molecule has 0 aromatic heterocycles. The predicted octanol–water partition coefficient (Wildman–Crippen LogP) is 9.32. The molecule has 2 fully saturated rings. The van der Waals surface area contributed by atoms with Crippen molar-refractivity contribution in [2.75, 3.05) is 19.8 Å². The number of hydrogen-bond donors (Lipinski definition) is 1. The third-order valence-corrected chi connectivity index (χ3v) is 12.9. The molecule has 390 valence electrons. The van der Waals surface area contributed by atoms with Crippen molar-refractivity contribution in [1.82, 2.24) is 0 Å². The summed E-state index contributed by atoms with van der Waals surface area (Å²) in [6, 6.07) is 41.5. The molecule has 2 aliphatic rings. The van der Waals surface area contributed by atoms with Crippen LogP contribution in [0, 0.1) is 11.8 Å². The third kappa shape index (κ3) is 15.4. The molecule has 0 spiro atoms. The zero-order valence-corrected chi connectivity index (χ0v) is 41.3. The molecule has 5 aromatic carbocycles. The number of esters is 5. The SMILES string of the molecule is CC1C(OC2OC(COC(=O)c3ccccc3)C(C)C(OC(=O)c3ccccc3)C2OC(=O)c2ccccc2)C(COC(=O)c2ccccc2)OC(OCCCCCCCCC(=O)O)C1OC(=O)c1ccccc1.